The fraction of sp³-hybridized carbons (Fsp3) is 0.0909. The molecule has 4 nitrogen and oxygen atoms in total. The van der Waals surface area contributed by atoms with Crippen LogP contribution in [0.3, 0.4) is 0 Å². The van der Waals surface area contributed by atoms with E-state index in [1.807, 2.05) is 61.5 Å². The van der Waals surface area contributed by atoms with E-state index in [2.05, 4.69) is 0 Å². The number of hydrogen-bond acceptors (Lipinski definition) is 2. The largest absolute Gasteiger partial charge is 0.478 e. The van der Waals surface area contributed by atoms with E-state index in [9.17, 15) is 14.7 Å². The van der Waals surface area contributed by atoms with Gasteiger partial charge in [0, 0.05) is 11.3 Å². The molecular weight excluding hydrogens is 326 g/mol. The Kier molecular flexibility index (Phi) is 3.81. The molecule has 0 radical (unpaired) electrons. The van der Waals surface area contributed by atoms with Crippen LogP contribution in [0, 0.1) is 6.92 Å². The van der Waals surface area contributed by atoms with Crippen LogP contribution in [0.15, 0.2) is 66.7 Å². The van der Waals surface area contributed by atoms with Gasteiger partial charge in [-0.15, -0.1) is 0 Å². The van der Waals surface area contributed by atoms with Crippen LogP contribution < -0.4 is 4.90 Å². The highest BCUT2D eigenvalue weighted by atomic mass is 16.4. The number of benzene rings is 3. The molecule has 0 aliphatic carbocycles. The molecule has 0 saturated heterocycles. The first kappa shape index (κ1) is 16.1. The van der Waals surface area contributed by atoms with Gasteiger partial charge in [-0.2, -0.15) is 0 Å². The topological polar surface area (TPSA) is 57.6 Å². The Hall–Kier alpha value is -3.40. The van der Waals surface area contributed by atoms with Crippen molar-refractivity contribution in [2.24, 2.45) is 0 Å². The summed E-state index contributed by atoms with van der Waals surface area (Å²) in [5, 5.41) is 9.25. The predicted octanol–water partition coefficient (Wildman–Crippen LogP) is 4.52. The molecule has 0 aromatic heterocycles. The summed E-state index contributed by atoms with van der Waals surface area (Å²) in [5.41, 5.74) is 5.58. The van der Waals surface area contributed by atoms with E-state index < -0.39 is 5.97 Å². The van der Waals surface area contributed by atoms with Crippen molar-refractivity contribution < 1.29 is 14.7 Å². The molecule has 0 bridgehead atoms. The summed E-state index contributed by atoms with van der Waals surface area (Å²) >= 11 is 0. The summed E-state index contributed by atoms with van der Waals surface area (Å²) in [7, 11) is 0. The molecule has 3 aromatic rings. The second-order valence-corrected chi connectivity index (χ2v) is 6.43. The number of amides is 1. The minimum atomic E-state index is -0.946. The van der Waals surface area contributed by atoms with Crippen LogP contribution in [-0.2, 0) is 6.54 Å². The van der Waals surface area contributed by atoms with Crippen LogP contribution in [0.25, 0.3) is 11.1 Å². The van der Waals surface area contributed by atoms with E-state index in [0.717, 1.165) is 27.9 Å². The number of anilines is 1. The number of carbonyl (C=O) groups excluding carboxylic acids is 1. The quantitative estimate of drug-likeness (QED) is 0.760. The van der Waals surface area contributed by atoms with Crippen LogP contribution in [0.4, 0.5) is 5.69 Å². The van der Waals surface area contributed by atoms with E-state index in [1.165, 1.54) is 0 Å². The van der Waals surface area contributed by atoms with E-state index >= 15 is 0 Å². The van der Waals surface area contributed by atoms with Gasteiger partial charge in [0.05, 0.1) is 12.1 Å². The zero-order chi connectivity index (χ0) is 18.3. The molecule has 0 atom stereocenters. The molecule has 1 N–H and O–H groups in total. The van der Waals surface area contributed by atoms with Crippen LogP contribution >= 0.6 is 0 Å². The Morgan fingerprint density at radius 2 is 1.73 bits per heavy atom. The van der Waals surface area contributed by atoms with Gasteiger partial charge in [-0.05, 0) is 65.6 Å². The maximum absolute atomic E-state index is 12.7. The zero-order valence-corrected chi connectivity index (χ0v) is 14.3. The third-order valence-corrected chi connectivity index (χ3v) is 4.77. The summed E-state index contributed by atoms with van der Waals surface area (Å²) in [6.07, 6.45) is 0. The summed E-state index contributed by atoms with van der Waals surface area (Å²) in [4.78, 5) is 25.7. The van der Waals surface area contributed by atoms with Crippen molar-refractivity contribution in [1.82, 2.24) is 0 Å². The van der Waals surface area contributed by atoms with Gasteiger partial charge >= 0.3 is 5.97 Å². The molecule has 4 heteroatoms. The number of aryl methyl sites for hydroxylation is 1. The summed E-state index contributed by atoms with van der Waals surface area (Å²) < 4.78 is 0. The number of hydrogen-bond donors (Lipinski definition) is 1. The lowest BCUT2D eigenvalue weighted by Gasteiger charge is -2.15. The number of carboxylic acids is 1. The van der Waals surface area contributed by atoms with Gasteiger partial charge in [-0.1, -0.05) is 30.3 Å². The van der Waals surface area contributed by atoms with Gasteiger partial charge < -0.3 is 10.0 Å². The summed E-state index contributed by atoms with van der Waals surface area (Å²) in [6.45, 7) is 2.47. The SMILES string of the molecule is Cc1ccc(C(=O)O)cc1-c1ccc2c(c1)CN(c1ccccc1)C2=O. The zero-order valence-electron chi connectivity index (χ0n) is 14.3. The number of carbonyl (C=O) groups is 2. The molecule has 1 aliphatic rings. The van der Waals surface area contributed by atoms with Crippen molar-refractivity contribution in [2.45, 2.75) is 13.5 Å². The predicted molar refractivity (Wildman–Crippen MR) is 101 cm³/mol. The number of nitrogens with zero attached hydrogens (tertiary/aromatic N) is 1. The number of rotatable bonds is 3. The molecular formula is C22H17NO3. The minimum Gasteiger partial charge on any atom is -0.478 e. The van der Waals surface area contributed by atoms with Crippen LogP contribution in [0.5, 0.6) is 0 Å². The van der Waals surface area contributed by atoms with Crippen molar-refractivity contribution in [1.29, 1.82) is 0 Å². The third-order valence-electron chi connectivity index (χ3n) is 4.77. The van der Waals surface area contributed by atoms with Gasteiger partial charge in [0.1, 0.15) is 0 Å². The Morgan fingerprint density at radius 1 is 0.962 bits per heavy atom. The van der Waals surface area contributed by atoms with Crippen molar-refractivity contribution in [3.8, 4) is 11.1 Å². The van der Waals surface area contributed by atoms with Crippen LogP contribution in [-0.4, -0.2) is 17.0 Å². The molecule has 0 saturated carbocycles. The van der Waals surface area contributed by atoms with Gasteiger partial charge in [0.25, 0.3) is 5.91 Å². The number of fused-ring (bicyclic) bond motifs is 1. The van der Waals surface area contributed by atoms with Crippen LogP contribution in [0.2, 0.25) is 0 Å². The minimum absolute atomic E-state index is 0.00578. The first-order chi connectivity index (χ1) is 12.5. The van der Waals surface area contributed by atoms with E-state index in [1.54, 1.807) is 17.0 Å². The summed E-state index contributed by atoms with van der Waals surface area (Å²) in [6, 6.07) is 20.4. The van der Waals surface area contributed by atoms with Crippen molar-refractivity contribution in [2.75, 3.05) is 4.90 Å². The highest BCUT2D eigenvalue weighted by Crippen LogP contribution is 2.33. The Labute approximate surface area is 151 Å². The lowest BCUT2D eigenvalue weighted by molar-refractivity contribution is 0.0696. The standard InChI is InChI=1S/C22H17NO3/c1-14-7-8-16(22(25)26)12-20(14)15-9-10-19-17(11-15)13-23(21(19)24)18-5-3-2-4-6-18/h2-12H,13H2,1H3,(H,25,26). The fourth-order valence-corrected chi connectivity index (χ4v) is 3.37. The third kappa shape index (κ3) is 2.65. The van der Waals surface area contributed by atoms with E-state index in [0.29, 0.717) is 12.1 Å². The number of aromatic carboxylic acids is 1. The Balaban J connectivity index is 1.74. The molecule has 0 fully saturated rings. The number of carboxylic acid groups (broad SMARTS) is 1. The molecule has 26 heavy (non-hydrogen) atoms. The van der Waals surface area contributed by atoms with Crippen LogP contribution in [0.1, 0.15) is 31.8 Å². The lowest BCUT2D eigenvalue weighted by atomic mass is 9.95. The highest BCUT2D eigenvalue weighted by molar-refractivity contribution is 6.10. The Bertz CT molecular complexity index is 1020. The number of para-hydroxylation sites is 1. The Morgan fingerprint density at radius 3 is 2.46 bits per heavy atom. The normalized spacial score (nSPS) is 13.0. The van der Waals surface area contributed by atoms with Crippen molar-refractivity contribution >= 4 is 17.6 Å². The lowest BCUT2D eigenvalue weighted by Crippen LogP contribution is -2.22. The first-order valence-corrected chi connectivity index (χ1v) is 8.39. The molecule has 1 heterocycles. The molecule has 0 spiro atoms. The van der Waals surface area contributed by atoms with Crippen molar-refractivity contribution in [3.63, 3.8) is 0 Å². The molecule has 1 amide bonds. The van der Waals surface area contributed by atoms with Crippen molar-refractivity contribution in [3.05, 3.63) is 89.0 Å². The summed E-state index contributed by atoms with van der Waals surface area (Å²) in [5.74, 6) is -0.952. The highest BCUT2D eigenvalue weighted by Gasteiger charge is 2.28. The second-order valence-electron chi connectivity index (χ2n) is 6.43. The maximum atomic E-state index is 12.7. The van der Waals surface area contributed by atoms with Gasteiger partial charge in [-0.25, -0.2) is 4.79 Å². The first-order valence-electron chi connectivity index (χ1n) is 8.39. The second kappa shape index (κ2) is 6.15. The monoisotopic (exact) mass is 343 g/mol. The maximum Gasteiger partial charge on any atom is 0.335 e. The van der Waals surface area contributed by atoms with E-state index in [-0.39, 0.29) is 11.5 Å². The average molecular weight is 343 g/mol. The molecule has 1 aliphatic heterocycles. The van der Waals surface area contributed by atoms with E-state index in [4.69, 9.17) is 0 Å². The van der Waals surface area contributed by atoms with Gasteiger partial charge in [0.2, 0.25) is 0 Å². The molecule has 0 unspecified atom stereocenters. The average Bonchev–Trinajstić information content (AvgIpc) is 2.99. The molecule has 128 valence electrons. The fourth-order valence-electron chi connectivity index (χ4n) is 3.37. The van der Waals surface area contributed by atoms with Gasteiger partial charge in [-0.3, -0.25) is 4.79 Å². The smallest absolute Gasteiger partial charge is 0.335 e. The molecule has 3 aromatic carbocycles. The van der Waals surface area contributed by atoms with Gasteiger partial charge in [0.15, 0.2) is 0 Å². The molecule has 4 rings (SSSR count).